The molecule has 3 rings (SSSR count). The van der Waals surface area contributed by atoms with Gasteiger partial charge in [0.2, 0.25) is 0 Å². The number of aromatic nitrogens is 1. The Kier molecular flexibility index (Phi) is 5.86. The van der Waals surface area contributed by atoms with Gasteiger partial charge in [-0.1, -0.05) is 62.1 Å². The Morgan fingerprint density at radius 3 is 2.33 bits per heavy atom. The van der Waals surface area contributed by atoms with E-state index in [-0.39, 0.29) is 0 Å². The number of anilines is 1. The molecular formula is C18H25ClN2. The Hall–Kier alpha value is -1.28. The van der Waals surface area contributed by atoms with Crippen molar-refractivity contribution in [1.29, 1.82) is 0 Å². The van der Waals surface area contributed by atoms with E-state index < -0.39 is 0 Å². The summed E-state index contributed by atoms with van der Waals surface area (Å²) in [5.41, 5.74) is 1.26. The second kappa shape index (κ2) is 7.65. The SMILES string of the molecule is CC.Cc1ccc2c(N3CCCCCC3)nc(Cl)cc2c1. The lowest BCUT2D eigenvalue weighted by atomic mass is 10.1. The fourth-order valence-corrected chi connectivity index (χ4v) is 3.05. The van der Waals surface area contributed by atoms with Gasteiger partial charge in [-0.15, -0.1) is 0 Å². The zero-order valence-corrected chi connectivity index (χ0v) is 14.1. The van der Waals surface area contributed by atoms with Crippen molar-refractivity contribution in [3.8, 4) is 0 Å². The summed E-state index contributed by atoms with van der Waals surface area (Å²) in [5, 5.41) is 3.01. The van der Waals surface area contributed by atoms with Crippen molar-refractivity contribution in [2.24, 2.45) is 0 Å². The molecule has 2 heterocycles. The second-order valence-corrected chi connectivity index (χ2v) is 5.78. The van der Waals surface area contributed by atoms with Gasteiger partial charge < -0.3 is 4.90 Å². The van der Waals surface area contributed by atoms with Crippen LogP contribution in [0.2, 0.25) is 5.15 Å². The van der Waals surface area contributed by atoms with Crippen LogP contribution in [-0.2, 0) is 0 Å². The summed E-state index contributed by atoms with van der Waals surface area (Å²) in [6.07, 6.45) is 5.16. The van der Waals surface area contributed by atoms with Crippen LogP contribution in [0.4, 0.5) is 5.82 Å². The molecule has 2 aromatic rings. The number of fused-ring (bicyclic) bond motifs is 1. The van der Waals surface area contributed by atoms with Crippen LogP contribution in [0.25, 0.3) is 10.8 Å². The largest absolute Gasteiger partial charge is 0.356 e. The molecule has 21 heavy (non-hydrogen) atoms. The van der Waals surface area contributed by atoms with Crippen molar-refractivity contribution < 1.29 is 0 Å². The minimum absolute atomic E-state index is 0.595. The van der Waals surface area contributed by atoms with Crippen molar-refractivity contribution in [3.05, 3.63) is 35.0 Å². The topological polar surface area (TPSA) is 16.1 Å². The van der Waals surface area contributed by atoms with Crippen LogP contribution >= 0.6 is 11.6 Å². The summed E-state index contributed by atoms with van der Waals surface area (Å²) in [6.45, 7) is 8.30. The van der Waals surface area contributed by atoms with Crippen molar-refractivity contribution in [2.45, 2.75) is 46.5 Å². The average molecular weight is 305 g/mol. The van der Waals surface area contributed by atoms with Crippen LogP contribution in [0.5, 0.6) is 0 Å². The summed E-state index contributed by atoms with van der Waals surface area (Å²) in [5.74, 6) is 1.06. The monoisotopic (exact) mass is 304 g/mol. The predicted octanol–water partition coefficient (Wildman–Crippen LogP) is 5.60. The molecule has 1 fully saturated rings. The summed E-state index contributed by atoms with van der Waals surface area (Å²) in [7, 11) is 0. The van der Waals surface area contributed by atoms with Gasteiger partial charge >= 0.3 is 0 Å². The van der Waals surface area contributed by atoms with E-state index in [2.05, 4.69) is 35.0 Å². The standard InChI is InChI=1S/C16H19ClN2.C2H6/c1-12-6-7-14-13(10-12)11-15(17)18-16(14)19-8-4-2-3-5-9-19;1-2/h6-7,10-11H,2-5,8-9H2,1H3;1-2H3. The molecular weight excluding hydrogens is 280 g/mol. The molecule has 1 saturated heterocycles. The second-order valence-electron chi connectivity index (χ2n) is 5.39. The maximum atomic E-state index is 6.20. The Bertz CT molecular complexity index is 582. The van der Waals surface area contributed by atoms with Crippen LogP contribution in [0, 0.1) is 6.92 Å². The van der Waals surface area contributed by atoms with Crippen molar-refractivity contribution in [1.82, 2.24) is 4.98 Å². The Morgan fingerprint density at radius 1 is 1.00 bits per heavy atom. The molecule has 2 nitrogen and oxygen atoms in total. The molecule has 0 N–H and O–H groups in total. The van der Waals surface area contributed by atoms with Crippen molar-refractivity contribution >= 4 is 28.2 Å². The van der Waals surface area contributed by atoms with Gasteiger partial charge in [-0.05, 0) is 31.2 Å². The molecule has 1 aliphatic rings. The maximum absolute atomic E-state index is 6.20. The third kappa shape index (κ3) is 3.88. The van der Waals surface area contributed by atoms with Crippen LogP contribution in [0.15, 0.2) is 24.3 Å². The van der Waals surface area contributed by atoms with E-state index in [0.717, 1.165) is 18.9 Å². The molecule has 0 saturated carbocycles. The van der Waals surface area contributed by atoms with Gasteiger partial charge in [0.25, 0.3) is 0 Å². The lowest BCUT2D eigenvalue weighted by Crippen LogP contribution is -2.25. The molecule has 1 aromatic heterocycles. The van der Waals surface area contributed by atoms with Crippen molar-refractivity contribution in [2.75, 3.05) is 18.0 Å². The smallest absolute Gasteiger partial charge is 0.138 e. The van der Waals surface area contributed by atoms with Gasteiger partial charge in [-0.3, -0.25) is 0 Å². The number of rotatable bonds is 1. The number of nitrogens with zero attached hydrogens (tertiary/aromatic N) is 2. The van der Waals surface area contributed by atoms with Crippen LogP contribution in [0.3, 0.4) is 0 Å². The lowest BCUT2D eigenvalue weighted by molar-refractivity contribution is 0.726. The third-order valence-corrected chi connectivity index (χ3v) is 4.03. The molecule has 0 aliphatic carbocycles. The average Bonchev–Trinajstić information content (AvgIpc) is 2.77. The third-order valence-electron chi connectivity index (χ3n) is 3.84. The van der Waals surface area contributed by atoms with E-state index in [0.29, 0.717) is 5.15 Å². The first-order valence-corrected chi connectivity index (χ1v) is 8.44. The van der Waals surface area contributed by atoms with E-state index in [1.54, 1.807) is 0 Å². The zero-order chi connectivity index (χ0) is 15.2. The highest BCUT2D eigenvalue weighted by Crippen LogP contribution is 2.29. The maximum Gasteiger partial charge on any atom is 0.138 e. The molecule has 114 valence electrons. The number of hydrogen-bond donors (Lipinski definition) is 0. The number of benzene rings is 1. The van der Waals surface area contributed by atoms with Gasteiger partial charge in [-0.25, -0.2) is 4.98 Å². The highest BCUT2D eigenvalue weighted by Gasteiger charge is 2.15. The lowest BCUT2D eigenvalue weighted by Gasteiger charge is -2.23. The molecule has 0 unspecified atom stereocenters. The van der Waals surface area contributed by atoms with Gasteiger partial charge in [-0.2, -0.15) is 0 Å². The van der Waals surface area contributed by atoms with E-state index in [1.807, 2.05) is 19.9 Å². The zero-order valence-electron chi connectivity index (χ0n) is 13.3. The molecule has 0 bridgehead atoms. The van der Waals surface area contributed by atoms with E-state index in [1.165, 1.54) is 42.0 Å². The first-order chi connectivity index (χ1) is 10.2. The summed E-state index contributed by atoms with van der Waals surface area (Å²) >= 11 is 6.20. The quantitative estimate of drug-likeness (QED) is 0.637. The number of pyridine rings is 1. The molecule has 1 aromatic carbocycles. The Labute approximate surface area is 133 Å². The molecule has 0 atom stereocenters. The molecule has 1 aliphatic heterocycles. The summed E-state index contributed by atoms with van der Waals surface area (Å²) < 4.78 is 0. The Balaban J connectivity index is 0.000000774. The molecule has 3 heteroatoms. The highest BCUT2D eigenvalue weighted by molar-refractivity contribution is 6.30. The predicted molar refractivity (Wildman–Crippen MR) is 93.5 cm³/mol. The van der Waals surface area contributed by atoms with E-state index in [9.17, 15) is 0 Å². The fourth-order valence-electron chi connectivity index (χ4n) is 2.85. The molecule has 0 amide bonds. The van der Waals surface area contributed by atoms with E-state index in [4.69, 9.17) is 11.6 Å². The van der Waals surface area contributed by atoms with Gasteiger partial charge in [0.1, 0.15) is 11.0 Å². The number of aryl methyl sites for hydroxylation is 1. The fraction of sp³-hybridized carbons (Fsp3) is 0.500. The van der Waals surface area contributed by atoms with Crippen LogP contribution < -0.4 is 4.90 Å². The molecule has 0 spiro atoms. The first kappa shape index (κ1) is 16.1. The van der Waals surface area contributed by atoms with Gasteiger partial charge in [0, 0.05) is 18.5 Å². The number of halogens is 1. The van der Waals surface area contributed by atoms with Crippen LogP contribution in [0.1, 0.15) is 45.1 Å². The molecule has 0 radical (unpaired) electrons. The van der Waals surface area contributed by atoms with Gasteiger partial charge in [0.05, 0.1) is 0 Å². The normalized spacial score (nSPS) is 15.3. The summed E-state index contributed by atoms with van der Waals surface area (Å²) in [4.78, 5) is 6.99. The minimum atomic E-state index is 0.595. The number of hydrogen-bond acceptors (Lipinski definition) is 2. The van der Waals surface area contributed by atoms with E-state index >= 15 is 0 Å². The minimum Gasteiger partial charge on any atom is -0.356 e. The van der Waals surface area contributed by atoms with Crippen LogP contribution in [-0.4, -0.2) is 18.1 Å². The van der Waals surface area contributed by atoms with Crippen molar-refractivity contribution in [3.63, 3.8) is 0 Å². The highest BCUT2D eigenvalue weighted by atomic mass is 35.5. The summed E-state index contributed by atoms with van der Waals surface area (Å²) in [6, 6.07) is 8.48. The Morgan fingerprint density at radius 2 is 1.67 bits per heavy atom. The first-order valence-electron chi connectivity index (χ1n) is 8.06. The van der Waals surface area contributed by atoms with Gasteiger partial charge in [0.15, 0.2) is 0 Å².